The van der Waals surface area contributed by atoms with Gasteiger partial charge in [0.25, 0.3) is 0 Å². The van der Waals surface area contributed by atoms with Crippen LogP contribution < -0.4 is 5.32 Å². The Hall–Kier alpha value is -1.30. The molecule has 1 aliphatic heterocycles. The number of carboxylic acid groups (broad SMARTS) is 1. The Morgan fingerprint density at radius 2 is 1.96 bits per heavy atom. The summed E-state index contributed by atoms with van der Waals surface area (Å²) < 4.78 is 5.36. The minimum Gasteiger partial charge on any atom is -0.481 e. The van der Waals surface area contributed by atoms with Crippen molar-refractivity contribution in [1.29, 1.82) is 0 Å². The summed E-state index contributed by atoms with van der Waals surface area (Å²) in [5.41, 5.74) is -1.04. The maximum absolute atomic E-state index is 12.1. The molecule has 2 N–H and O–H groups in total. The molecule has 2 aliphatic rings. The Morgan fingerprint density at radius 1 is 1.30 bits per heavy atom. The molecule has 0 aromatic heterocycles. The highest BCUT2D eigenvalue weighted by atomic mass is 16.6. The Morgan fingerprint density at radius 3 is 2.48 bits per heavy atom. The first-order valence-corrected chi connectivity index (χ1v) is 8.56. The molecule has 6 heteroatoms. The molecule has 1 aliphatic carbocycles. The highest BCUT2D eigenvalue weighted by molar-refractivity contribution is 5.73. The second kappa shape index (κ2) is 6.67. The average Bonchev–Trinajstić information content (AvgIpc) is 2.32. The van der Waals surface area contributed by atoms with Crippen LogP contribution in [0.4, 0.5) is 4.79 Å². The molecule has 23 heavy (non-hydrogen) atoms. The fourth-order valence-electron chi connectivity index (χ4n) is 3.68. The lowest BCUT2D eigenvalue weighted by atomic mass is 9.81. The van der Waals surface area contributed by atoms with Gasteiger partial charge in [-0.2, -0.15) is 0 Å². The molecule has 132 valence electrons. The summed E-state index contributed by atoms with van der Waals surface area (Å²) in [6, 6.07) is 0.346. The molecule has 1 amide bonds. The molecular formula is C17H30N2O4. The first kappa shape index (κ1) is 18.0. The van der Waals surface area contributed by atoms with Crippen molar-refractivity contribution in [1.82, 2.24) is 10.2 Å². The topological polar surface area (TPSA) is 78.9 Å². The number of nitrogens with one attached hydrogen (secondary N) is 1. The molecule has 0 spiro atoms. The van der Waals surface area contributed by atoms with Gasteiger partial charge in [0, 0.05) is 19.1 Å². The van der Waals surface area contributed by atoms with Crippen LogP contribution in [0.1, 0.15) is 59.8 Å². The van der Waals surface area contributed by atoms with E-state index in [-0.39, 0.29) is 12.5 Å². The van der Waals surface area contributed by atoms with Crippen molar-refractivity contribution in [3.05, 3.63) is 0 Å². The van der Waals surface area contributed by atoms with Gasteiger partial charge in [-0.25, -0.2) is 4.79 Å². The van der Waals surface area contributed by atoms with E-state index in [2.05, 4.69) is 12.2 Å². The standard InChI is InChI=1S/C17H30N2O4/c1-12-6-5-7-13(8-12)18-17(9-14(20)21)10-19(11-17)15(22)23-16(2,3)4/h12-13,18H,5-11H2,1-4H3,(H,20,21). The van der Waals surface area contributed by atoms with E-state index in [9.17, 15) is 14.7 Å². The number of likely N-dealkylation sites (tertiary alicyclic amines) is 1. The molecule has 2 fully saturated rings. The predicted octanol–water partition coefficient (Wildman–Crippen LogP) is 2.62. The minimum absolute atomic E-state index is 0.0389. The molecule has 6 nitrogen and oxygen atoms in total. The lowest BCUT2D eigenvalue weighted by molar-refractivity contribution is -0.141. The van der Waals surface area contributed by atoms with Gasteiger partial charge in [-0.3, -0.25) is 4.79 Å². The van der Waals surface area contributed by atoms with Crippen LogP contribution in [0.5, 0.6) is 0 Å². The smallest absolute Gasteiger partial charge is 0.410 e. The average molecular weight is 326 g/mol. The number of hydrogen-bond acceptors (Lipinski definition) is 4. The Balaban J connectivity index is 1.94. The molecule has 1 saturated carbocycles. The van der Waals surface area contributed by atoms with E-state index in [1.165, 1.54) is 12.8 Å². The van der Waals surface area contributed by atoms with E-state index in [4.69, 9.17) is 4.74 Å². The highest BCUT2D eigenvalue weighted by Crippen LogP contribution is 2.31. The zero-order valence-corrected chi connectivity index (χ0v) is 14.7. The number of aliphatic carboxylic acids is 1. The molecule has 1 saturated heterocycles. The van der Waals surface area contributed by atoms with Gasteiger partial charge >= 0.3 is 12.1 Å². The zero-order valence-electron chi connectivity index (χ0n) is 14.7. The molecular weight excluding hydrogens is 296 g/mol. The van der Waals surface area contributed by atoms with Gasteiger partial charge in [0.1, 0.15) is 5.60 Å². The summed E-state index contributed by atoms with van der Waals surface area (Å²) in [6.45, 7) is 8.54. The Bertz CT molecular complexity index is 452. The second-order valence-electron chi connectivity index (χ2n) is 8.30. The molecule has 1 heterocycles. The predicted molar refractivity (Wildman–Crippen MR) is 87.3 cm³/mol. The minimum atomic E-state index is -0.829. The van der Waals surface area contributed by atoms with E-state index >= 15 is 0 Å². The van der Waals surface area contributed by atoms with Gasteiger partial charge in [0.2, 0.25) is 0 Å². The van der Waals surface area contributed by atoms with Crippen molar-refractivity contribution in [2.75, 3.05) is 13.1 Å². The maximum Gasteiger partial charge on any atom is 0.410 e. The van der Waals surface area contributed by atoms with Crippen LogP contribution >= 0.6 is 0 Å². The molecule has 0 aromatic carbocycles. The summed E-state index contributed by atoms with van der Waals surface area (Å²) in [5, 5.41) is 12.8. The maximum atomic E-state index is 12.1. The van der Waals surface area contributed by atoms with E-state index in [0.717, 1.165) is 12.8 Å². The number of rotatable bonds is 4. The van der Waals surface area contributed by atoms with Gasteiger partial charge in [-0.1, -0.05) is 19.8 Å². The van der Waals surface area contributed by atoms with Crippen LogP contribution in [-0.4, -0.2) is 52.3 Å². The van der Waals surface area contributed by atoms with Gasteiger partial charge in [0.05, 0.1) is 12.0 Å². The van der Waals surface area contributed by atoms with Crippen LogP contribution in [0.3, 0.4) is 0 Å². The number of nitrogens with zero attached hydrogens (tertiary/aromatic N) is 1. The molecule has 2 atom stereocenters. The van der Waals surface area contributed by atoms with Crippen LogP contribution in [0, 0.1) is 5.92 Å². The molecule has 0 radical (unpaired) electrons. The monoisotopic (exact) mass is 326 g/mol. The molecule has 0 aromatic rings. The number of amides is 1. The Kier molecular flexibility index (Phi) is 5.23. The summed E-state index contributed by atoms with van der Waals surface area (Å²) in [6.07, 6.45) is 4.26. The second-order valence-corrected chi connectivity index (χ2v) is 8.30. The highest BCUT2D eigenvalue weighted by Gasteiger charge is 2.49. The lowest BCUT2D eigenvalue weighted by Crippen LogP contribution is -2.73. The molecule has 0 bridgehead atoms. The first-order chi connectivity index (χ1) is 10.6. The molecule has 2 rings (SSSR count). The van der Waals surface area contributed by atoms with E-state index < -0.39 is 17.1 Å². The van der Waals surface area contributed by atoms with Crippen molar-refractivity contribution in [3.8, 4) is 0 Å². The number of hydrogen-bond donors (Lipinski definition) is 2. The van der Waals surface area contributed by atoms with Crippen LogP contribution in [0.15, 0.2) is 0 Å². The first-order valence-electron chi connectivity index (χ1n) is 8.56. The number of carbonyl (C=O) groups is 2. The summed E-state index contributed by atoms with van der Waals surface area (Å²) in [4.78, 5) is 24.9. The number of carbonyl (C=O) groups excluding carboxylic acids is 1. The third-order valence-electron chi connectivity index (χ3n) is 4.58. The summed E-state index contributed by atoms with van der Waals surface area (Å²) in [7, 11) is 0. The SMILES string of the molecule is CC1CCCC(NC2(CC(=O)O)CN(C(=O)OC(C)(C)C)C2)C1. The van der Waals surface area contributed by atoms with Crippen molar-refractivity contribution >= 4 is 12.1 Å². The number of carboxylic acids is 1. The third-order valence-corrected chi connectivity index (χ3v) is 4.58. The van der Waals surface area contributed by atoms with Crippen LogP contribution in [0.2, 0.25) is 0 Å². The summed E-state index contributed by atoms with van der Waals surface area (Å²) in [5.74, 6) is -0.157. The normalized spacial score (nSPS) is 27.2. The quantitative estimate of drug-likeness (QED) is 0.830. The summed E-state index contributed by atoms with van der Waals surface area (Å²) >= 11 is 0. The van der Waals surface area contributed by atoms with Crippen molar-refractivity contribution in [3.63, 3.8) is 0 Å². The van der Waals surface area contributed by atoms with Crippen LogP contribution in [-0.2, 0) is 9.53 Å². The van der Waals surface area contributed by atoms with Gasteiger partial charge in [-0.05, 0) is 39.5 Å². The van der Waals surface area contributed by atoms with Crippen molar-refractivity contribution < 1.29 is 19.4 Å². The van der Waals surface area contributed by atoms with Crippen molar-refractivity contribution in [2.45, 2.75) is 77.0 Å². The number of ether oxygens (including phenoxy) is 1. The largest absolute Gasteiger partial charge is 0.481 e. The van der Waals surface area contributed by atoms with Gasteiger partial charge < -0.3 is 20.1 Å². The van der Waals surface area contributed by atoms with Crippen molar-refractivity contribution in [2.24, 2.45) is 5.92 Å². The Labute approximate surface area is 138 Å². The third kappa shape index (κ3) is 5.09. The fourth-order valence-corrected chi connectivity index (χ4v) is 3.68. The molecule has 2 unspecified atom stereocenters. The zero-order chi connectivity index (χ0) is 17.3. The van der Waals surface area contributed by atoms with E-state index in [1.54, 1.807) is 4.90 Å². The van der Waals surface area contributed by atoms with Gasteiger partial charge in [-0.15, -0.1) is 0 Å². The van der Waals surface area contributed by atoms with E-state index in [1.807, 2.05) is 20.8 Å². The fraction of sp³-hybridized carbons (Fsp3) is 0.882. The van der Waals surface area contributed by atoms with Gasteiger partial charge in [0.15, 0.2) is 0 Å². The van der Waals surface area contributed by atoms with Crippen LogP contribution in [0.25, 0.3) is 0 Å². The lowest BCUT2D eigenvalue weighted by Gasteiger charge is -2.51. The van der Waals surface area contributed by atoms with E-state index in [0.29, 0.717) is 25.0 Å².